The number of hydrogen-bond donors (Lipinski definition) is 0. The number of benzene rings is 2. The summed E-state index contributed by atoms with van der Waals surface area (Å²) >= 11 is 0. The Balaban J connectivity index is 1.67. The lowest BCUT2D eigenvalue weighted by atomic mass is 9.76. The van der Waals surface area contributed by atoms with Crippen molar-refractivity contribution < 1.29 is 31.1 Å². The molecule has 2 aromatic rings. The SMILES string of the molecule is FCOc1c(F)cc(C2CCC(c3ccc(C(F)=C(F)F)cc3)CC2)cc1F. The molecule has 0 bridgehead atoms. The molecule has 150 valence electrons. The van der Waals surface area contributed by atoms with E-state index in [1.165, 1.54) is 24.3 Å². The van der Waals surface area contributed by atoms with Gasteiger partial charge in [-0.15, -0.1) is 0 Å². The fourth-order valence-corrected chi connectivity index (χ4v) is 3.78. The Kier molecular flexibility index (Phi) is 6.31. The maximum absolute atomic E-state index is 13.9. The van der Waals surface area contributed by atoms with Crippen molar-refractivity contribution in [1.29, 1.82) is 0 Å². The van der Waals surface area contributed by atoms with Crippen LogP contribution in [0.15, 0.2) is 42.5 Å². The maximum Gasteiger partial charge on any atom is 0.306 e. The minimum atomic E-state index is -2.35. The standard InChI is InChI=1S/C21H18F6O/c22-11-28-20-17(23)9-16(10-18(20)24)14-3-1-12(2-4-14)13-5-7-15(8-6-13)19(25)21(26)27/h5-10,12,14H,1-4,11H2. The molecule has 3 rings (SSSR count). The Morgan fingerprint density at radius 2 is 1.32 bits per heavy atom. The van der Waals surface area contributed by atoms with E-state index in [1.54, 1.807) is 12.1 Å². The fourth-order valence-electron chi connectivity index (χ4n) is 3.78. The van der Waals surface area contributed by atoms with E-state index in [0.29, 0.717) is 18.4 Å². The van der Waals surface area contributed by atoms with Gasteiger partial charge in [-0.3, -0.25) is 0 Å². The van der Waals surface area contributed by atoms with Gasteiger partial charge >= 0.3 is 6.08 Å². The molecule has 0 saturated heterocycles. The first-order valence-corrected chi connectivity index (χ1v) is 8.89. The molecule has 0 atom stereocenters. The lowest BCUT2D eigenvalue weighted by Gasteiger charge is -2.29. The van der Waals surface area contributed by atoms with Crippen LogP contribution in [0.1, 0.15) is 54.2 Å². The van der Waals surface area contributed by atoms with E-state index in [-0.39, 0.29) is 17.4 Å². The molecule has 1 aliphatic carbocycles. The number of halogens is 6. The average molecular weight is 400 g/mol. The van der Waals surface area contributed by atoms with Crippen LogP contribution in [-0.4, -0.2) is 6.86 Å². The zero-order valence-electron chi connectivity index (χ0n) is 14.8. The maximum atomic E-state index is 13.9. The van der Waals surface area contributed by atoms with Crippen LogP contribution in [0.5, 0.6) is 5.75 Å². The quantitative estimate of drug-likeness (QED) is 0.481. The first kappa shape index (κ1) is 20.3. The van der Waals surface area contributed by atoms with Crippen molar-refractivity contribution in [2.24, 2.45) is 0 Å². The zero-order valence-corrected chi connectivity index (χ0v) is 14.8. The Bertz CT molecular complexity index is 827. The van der Waals surface area contributed by atoms with Crippen molar-refractivity contribution in [3.05, 3.63) is 70.8 Å². The van der Waals surface area contributed by atoms with E-state index in [0.717, 1.165) is 18.4 Å². The van der Waals surface area contributed by atoms with Crippen molar-refractivity contribution in [3.63, 3.8) is 0 Å². The van der Waals surface area contributed by atoms with Gasteiger partial charge in [-0.2, -0.15) is 8.78 Å². The monoisotopic (exact) mass is 400 g/mol. The molecular formula is C21H18F6O. The van der Waals surface area contributed by atoms with Gasteiger partial charge in [0.1, 0.15) is 0 Å². The molecule has 1 nitrogen and oxygen atoms in total. The first-order chi connectivity index (χ1) is 13.4. The van der Waals surface area contributed by atoms with Gasteiger partial charge in [0.15, 0.2) is 23.2 Å². The lowest BCUT2D eigenvalue weighted by Crippen LogP contribution is -2.13. The molecule has 0 spiro atoms. The van der Waals surface area contributed by atoms with Gasteiger partial charge < -0.3 is 4.74 Å². The number of hydrogen-bond acceptors (Lipinski definition) is 1. The molecule has 1 aliphatic rings. The van der Waals surface area contributed by atoms with Crippen LogP contribution in [0.25, 0.3) is 5.83 Å². The number of alkyl halides is 1. The molecule has 0 aromatic heterocycles. The van der Waals surface area contributed by atoms with E-state index in [9.17, 15) is 26.3 Å². The number of rotatable bonds is 5. The first-order valence-electron chi connectivity index (χ1n) is 8.89. The summed E-state index contributed by atoms with van der Waals surface area (Å²) in [5, 5.41) is 0. The molecule has 0 N–H and O–H groups in total. The molecule has 1 saturated carbocycles. The van der Waals surface area contributed by atoms with E-state index in [1.807, 2.05) is 0 Å². The highest BCUT2D eigenvalue weighted by molar-refractivity contribution is 5.59. The molecule has 0 aliphatic heterocycles. The lowest BCUT2D eigenvalue weighted by molar-refractivity contribution is 0.176. The van der Waals surface area contributed by atoms with Crippen molar-refractivity contribution >= 4 is 5.83 Å². The Morgan fingerprint density at radius 1 is 0.821 bits per heavy atom. The molecule has 0 radical (unpaired) electrons. The van der Waals surface area contributed by atoms with Crippen molar-refractivity contribution in [3.8, 4) is 5.75 Å². The molecule has 0 unspecified atom stereocenters. The smallest absolute Gasteiger partial charge is 0.306 e. The molecule has 7 heteroatoms. The van der Waals surface area contributed by atoms with E-state index in [2.05, 4.69) is 4.74 Å². The highest BCUT2D eigenvalue weighted by Gasteiger charge is 2.25. The van der Waals surface area contributed by atoms with Gasteiger partial charge in [0.05, 0.1) is 0 Å². The minimum absolute atomic E-state index is 0.0417. The zero-order chi connectivity index (χ0) is 20.3. The Hall–Kier alpha value is -2.44. The van der Waals surface area contributed by atoms with Crippen LogP contribution in [-0.2, 0) is 0 Å². The third kappa shape index (κ3) is 4.34. The van der Waals surface area contributed by atoms with E-state index < -0.39 is 36.2 Å². The summed E-state index contributed by atoms with van der Waals surface area (Å²) in [6.07, 6.45) is 0.497. The minimum Gasteiger partial charge on any atom is -0.457 e. The van der Waals surface area contributed by atoms with Gasteiger partial charge in [-0.1, -0.05) is 24.3 Å². The van der Waals surface area contributed by atoms with Gasteiger partial charge in [0, 0.05) is 5.56 Å². The Labute approximate surface area is 158 Å². The Morgan fingerprint density at radius 3 is 1.79 bits per heavy atom. The summed E-state index contributed by atoms with van der Waals surface area (Å²) in [5.41, 5.74) is 1.25. The summed E-state index contributed by atoms with van der Waals surface area (Å²) in [5.74, 6) is -3.98. The largest absolute Gasteiger partial charge is 0.457 e. The average Bonchev–Trinajstić information content (AvgIpc) is 2.70. The molecule has 28 heavy (non-hydrogen) atoms. The third-order valence-corrected chi connectivity index (χ3v) is 5.22. The van der Waals surface area contributed by atoms with Gasteiger partial charge in [0.25, 0.3) is 0 Å². The van der Waals surface area contributed by atoms with Crippen molar-refractivity contribution in [2.45, 2.75) is 37.5 Å². The van der Waals surface area contributed by atoms with E-state index in [4.69, 9.17) is 0 Å². The van der Waals surface area contributed by atoms with Crippen molar-refractivity contribution in [2.75, 3.05) is 6.86 Å². The third-order valence-electron chi connectivity index (χ3n) is 5.22. The molecular weight excluding hydrogens is 382 g/mol. The van der Waals surface area contributed by atoms with Gasteiger partial charge in [0.2, 0.25) is 6.86 Å². The molecule has 1 fully saturated rings. The van der Waals surface area contributed by atoms with Crippen LogP contribution < -0.4 is 4.74 Å². The highest BCUT2D eigenvalue weighted by Crippen LogP contribution is 2.42. The van der Waals surface area contributed by atoms with Gasteiger partial charge in [-0.25, -0.2) is 17.6 Å². The number of ether oxygens (including phenoxy) is 1. The summed E-state index contributed by atoms with van der Waals surface area (Å²) in [4.78, 5) is 0. The second-order valence-corrected chi connectivity index (χ2v) is 6.81. The second kappa shape index (κ2) is 8.71. The molecule has 0 heterocycles. The highest BCUT2D eigenvalue weighted by atomic mass is 19.3. The van der Waals surface area contributed by atoms with Crippen LogP contribution in [0.4, 0.5) is 26.3 Å². The van der Waals surface area contributed by atoms with E-state index >= 15 is 0 Å². The predicted molar refractivity (Wildman–Crippen MR) is 93.6 cm³/mol. The normalized spacial score (nSPS) is 19.4. The second-order valence-electron chi connectivity index (χ2n) is 6.81. The summed E-state index contributed by atoms with van der Waals surface area (Å²) in [7, 11) is 0. The summed E-state index contributed by atoms with van der Waals surface area (Å²) in [6.45, 7) is -1.31. The van der Waals surface area contributed by atoms with Crippen LogP contribution in [0.2, 0.25) is 0 Å². The topological polar surface area (TPSA) is 9.23 Å². The molecule has 0 amide bonds. The summed E-state index contributed by atoms with van der Waals surface area (Å²) < 4.78 is 82.3. The van der Waals surface area contributed by atoms with Crippen LogP contribution >= 0.6 is 0 Å². The molecule has 2 aromatic carbocycles. The van der Waals surface area contributed by atoms with Crippen LogP contribution in [0, 0.1) is 11.6 Å². The van der Waals surface area contributed by atoms with Gasteiger partial charge in [-0.05, 0) is 60.8 Å². The fraction of sp³-hybridized carbons (Fsp3) is 0.333. The predicted octanol–water partition coefficient (Wildman–Crippen LogP) is 7.25. The van der Waals surface area contributed by atoms with Crippen molar-refractivity contribution in [1.82, 2.24) is 0 Å². The summed E-state index contributed by atoms with van der Waals surface area (Å²) in [6, 6.07) is 8.26. The van der Waals surface area contributed by atoms with Crippen LogP contribution in [0.3, 0.4) is 0 Å².